The maximum atomic E-state index is 11.5. The van der Waals surface area contributed by atoms with Gasteiger partial charge in [0.2, 0.25) is 0 Å². The maximum Gasteiger partial charge on any atom is 0.335 e. The molecule has 1 aliphatic rings. The summed E-state index contributed by atoms with van der Waals surface area (Å²) in [4.78, 5) is 11.5. The predicted molar refractivity (Wildman–Crippen MR) is 71.9 cm³/mol. The van der Waals surface area contributed by atoms with Crippen molar-refractivity contribution in [3.05, 3.63) is 52.2 Å². The van der Waals surface area contributed by atoms with E-state index in [-0.39, 0.29) is 5.97 Å². The van der Waals surface area contributed by atoms with Gasteiger partial charge in [-0.05, 0) is 13.0 Å². The summed E-state index contributed by atoms with van der Waals surface area (Å²) in [5.74, 6) is -0.297. The molecule has 0 saturated heterocycles. The second-order valence-electron chi connectivity index (χ2n) is 4.02. The lowest BCUT2D eigenvalue weighted by Crippen LogP contribution is -2.20. The van der Waals surface area contributed by atoms with Gasteiger partial charge in [-0.1, -0.05) is 35.9 Å². The monoisotopic (exact) mass is 263 g/mol. The number of halogens is 1. The van der Waals surface area contributed by atoms with Crippen molar-refractivity contribution in [2.75, 3.05) is 7.11 Å². The molecule has 1 aromatic rings. The number of ether oxygens (including phenoxy) is 1. The van der Waals surface area contributed by atoms with E-state index in [1.165, 1.54) is 7.11 Å². The zero-order chi connectivity index (χ0) is 13.1. The number of rotatable bonds is 2. The van der Waals surface area contributed by atoms with Gasteiger partial charge < -0.3 is 10.1 Å². The Morgan fingerprint density at radius 2 is 2.11 bits per heavy atom. The summed E-state index contributed by atoms with van der Waals surface area (Å²) in [7, 11) is 1.38. The lowest BCUT2D eigenvalue weighted by Gasteiger charge is -2.20. The van der Waals surface area contributed by atoms with E-state index in [1.54, 1.807) is 0 Å². The minimum Gasteiger partial charge on any atom is -0.466 e. The normalized spacial score (nSPS) is 14.9. The molecule has 0 atom stereocenters. The highest BCUT2D eigenvalue weighted by Gasteiger charge is 2.18. The van der Waals surface area contributed by atoms with Crippen LogP contribution in [0.25, 0.3) is 5.70 Å². The third-order valence-corrected chi connectivity index (χ3v) is 3.21. The van der Waals surface area contributed by atoms with Gasteiger partial charge in [0.1, 0.15) is 0 Å². The molecule has 1 N–H and O–H groups in total. The van der Waals surface area contributed by atoms with Gasteiger partial charge in [0, 0.05) is 28.4 Å². The van der Waals surface area contributed by atoms with E-state index in [0.29, 0.717) is 17.0 Å². The molecule has 0 unspecified atom stereocenters. The fourth-order valence-corrected chi connectivity index (χ4v) is 2.14. The number of carbonyl (C=O) groups excluding carboxylic acids is 1. The van der Waals surface area contributed by atoms with Crippen molar-refractivity contribution in [3.63, 3.8) is 0 Å². The SMILES string of the molecule is COC(=O)C1=C(C)NC(c2ccccc2Cl)=CC1. The van der Waals surface area contributed by atoms with E-state index >= 15 is 0 Å². The van der Waals surface area contributed by atoms with Crippen molar-refractivity contribution in [2.24, 2.45) is 0 Å². The topological polar surface area (TPSA) is 38.3 Å². The molecule has 0 spiro atoms. The van der Waals surface area contributed by atoms with Gasteiger partial charge in [-0.2, -0.15) is 0 Å². The molecule has 4 heteroatoms. The van der Waals surface area contributed by atoms with Crippen LogP contribution in [0.2, 0.25) is 5.02 Å². The summed E-state index contributed by atoms with van der Waals surface area (Å²) in [5.41, 5.74) is 3.31. The lowest BCUT2D eigenvalue weighted by molar-refractivity contribution is -0.136. The molecule has 0 aromatic heterocycles. The van der Waals surface area contributed by atoms with Crippen LogP contribution < -0.4 is 5.32 Å². The number of esters is 1. The van der Waals surface area contributed by atoms with Crippen molar-refractivity contribution < 1.29 is 9.53 Å². The molecule has 1 heterocycles. The first-order chi connectivity index (χ1) is 8.63. The minimum atomic E-state index is -0.297. The van der Waals surface area contributed by atoms with Crippen LogP contribution in [0, 0.1) is 0 Å². The fraction of sp³-hybridized carbons (Fsp3) is 0.214. The number of hydrogen-bond donors (Lipinski definition) is 1. The second kappa shape index (κ2) is 5.27. The highest BCUT2D eigenvalue weighted by atomic mass is 35.5. The second-order valence-corrected chi connectivity index (χ2v) is 4.43. The average Bonchev–Trinajstić information content (AvgIpc) is 2.38. The van der Waals surface area contributed by atoms with Crippen molar-refractivity contribution in [3.8, 4) is 0 Å². The molecule has 0 bridgehead atoms. The molecule has 1 aliphatic heterocycles. The van der Waals surface area contributed by atoms with Crippen LogP contribution in [0.3, 0.4) is 0 Å². The van der Waals surface area contributed by atoms with E-state index in [2.05, 4.69) is 5.32 Å². The zero-order valence-electron chi connectivity index (χ0n) is 10.3. The molecule has 0 aliphatic carbocycles. The van der Waals surface area contributed by atoms with E-state index in [9.17, 15) is 4.79 Å². The Labute approximate surface area is 111 Å². The summed E-state index contributed by atoms with van der Waals surface area (Å²) in [6.07, 6.45) is 2.49. The van der Waals surface area contributed by atoms with Gasteiger partial charge in [-0.15, -0.1) is 0 Å². The highest BCUT2D eigenvalue weighted by molar-refractivity contribution is 6.32. The van der Waals surface area contributed by atoms with E-state index in [0.717, 1.165) is 17.0 Å². The first kappa shape index (κ1) is 12.7. The lowest BCUT2D eigenvalue weighted by atomic mass is 10.0. The molecule has 0 amide bonds. The molecule has 18 heavy (non-hydrogen) atoms. The zero-order valence-corrected chi connectivity index (χ0v) is 11.0. The van der Waals surface area contributed by atoms with E-state index in [1.807, 2.05) is 37.3 Å². The Morgan fingerprint density at radius 1 is 1.39 bits per heavy atom. The number of hydrogen-bond acceptors (Lipinski definition) is 3. The van der Waals surface area contributed by atoms with E-state index < -0.39 is 0 Å². The van der Waals surface area contributed by atoms with Gasteiger partial charge in [0.05, 0.1) is 12.7 Å². The van der Waals surface area contributed by atoms with Crippen molar-refractivity contribution in [1.82, 2.24) is 5.32 Å². The Hall–Kier alpha value is -1.74. The van der Waals surface area contributed by atoms with Gasteiger partial charge in [-0.25, -0.2) is 4.79 Å². The molecule has 0 radical (unpaired) electrons. The smallest absolute Gasteiger partial charge is 0.335 e. The Bertz CT molecular complexity index is 546. The first-order valence-corrected chi connectivity index (χ1v) is 6.01. The Morgan fingerprint density at radius 3 is 2.72 bits per heavy atom. The Kier molecular flexibility index (Phi) is 3.72. The number of methoxy groups -OCH3 is 1. The van der Waals surface area contributed by atoms with Crippen LogP contribution in [0.5, 0.6) is 0 Å². The molecule has 94 valence electrons. The van der Waals surface area contributed by atoms with Crippen LogP contribution in [0.15, 0.2) is 41.6 Å². The third kappa shape index (κ3) is 2.41. The van der Waals surface area contributed by atoms with Crippen molar-refractivity contribution in [1.29, 1.82) is 0 Å². The molecule has 0 saturated carbocycles. The number of dihydropyridines is 1. The fourth-order valence-electron chi connectivity index (χ4n) is 1.90. The first-order valence-electron chi connectivity index (χ1n) is 5.63. The number of allylic oxidation sites excluding steroid dienone is 2. The van der Waals surface area contributed by atoms with Gasteiger partial charge in [0.25, 0.3) is 0 Å². The summed E-state index contributed by atoms with van der Waals surface area (Å²) >= 11 is 6.14. The van der Waals surface area contributed by atoms with Gasteiger partial charge in [-0.3, -0.25) is 0 Å². The standard InChI is InChI=1S/C14H14ClNO2/c1-9-10(14(17)18-2)7-8-13(16-9)11-5-3-4-6-12(11)15/h3-6,8,16H,7H2,1-2H3. The van der Waals surface area contributed by atoms with Crippen LogP contribution >= 0.6 is 11.6 Å². The van der Waals surface area contributed by atoms with Crippen LogP contribution in [-0.2, 0) is 9.53 Å². The highest BCUT2D eigenvalue weighted by Crippen LogP contribution is 2.27. The summed E-state index contributed by atoms with van der Waals surface area (Å²) < 4.78 is 4.73. The Balaban J connectivity index is 2.26. The molecule has 1 aromatic carbocycles. The number of nitrogens with one attached hydrogen (secondary N) is 1. The van der Waals surface area contributed by atoms with Crippen molar-refractivity contribution in [2.45, 2.75) is 13.3 Å². The quantitative estimate of drug-likeness (QED) is 0.833. The number of benzene rings is 1. The summed E-state index contributed by atoms with van der Waals surface area (Å²) in [5, 5.41) is 3.88. The average molecular weight is 264 g/mol. The molecular formula is C14H14ClNO2. The van der Waals surface area contributed by atoms with Crippen molar-refractivity contribution >= 4 is 23.3 Å². The predicted octanol–water partition coefficient (Wildman–Crippen LogP) is 3.12. The molecule has 2 rings (SSSR count). The maximum absolute atomic E-state index is 11.5. The van der Waals surface area contributed by atoms with Crippen LogP contribution in [0.1, 0.15) is 18.9 Å². The largest absolute Gasteiger partial charge is 0.466 e. The summed E-state index contributed by atoms with van der Waals surface area (Å²) in [6, 6.07) is 7.60. The number of carbonyl (C=O) groups is 1. The van der Waals surface area contributed by atoms with Crippen LogP contribution in [0.4, 0.5) is 0 Å². The molecular weight excluding hydrogens is 250 g/mol. The van der Waals surface area contributed by atoms with Crippen LogP contribution in [-0.4, -0.2) is 13.1 Å². The van der Waals surface area contributed by atoms with E-state index in [4.69, 9.17) is 16.3 Å². The third-order valence-electron chi connectivity index (χ3n) is 2.88. The van der Waals surface area contributed by atoms with Gasteiger partial charge in [0.15, 0.2) is 0 Å². The molecule has 3 nitrogen and oxygen atoms in total. The summed E-state index contributed by atoms with van der Waals surface area (Å²) in [6.45, 7) is 1.86. The van der Waals surface area contributed by atoms with Gasteiger partial charge >= 0.3 is 5.97 Å². The molecule has 0 fully saturated rings. The minimum absolute atomic E-state index is 0.297.